The maximum Gasteiger partial charge on any atom is 0.148 e. The molecule has 9 heteroatoms. The molecule has 130 valence electrons. The first kappa shape index (κ1) is 15.3. The zero-order valence-corrected chi connectivity index (χ0v) is 14.2. The quantitative estimate of drug-likeness (QED) is 0.550. The van der Waals surface area contributed by atoms with Crippen molar-refractivity contribution in [3.8, 4) is 0 Å². The molecule has 0 bridgehead atoms. The van der Waals surface area contributed by atoms with Crippen molar-refractivity contribution in [1.29, 1.82) is 0 Å². The van der Waals surface area contributed by atoms with Crippen molar-refractivity contribution >= 4 is 22.9 Å². The first-order valence-electron chi connectivity index (χ1n) is 8.11. The molecule has 0 amide bonds. The van der Waals surface area contributed by atoms with Crippen molar-refractivity contribution in [2.24, 2.45) is 0 Å². The molecule has 0 saturated carbocycles. The van der Waals surface area contributed by atoms with E-state index in [0.29, 0.717) is 28.7 Å². The molecule has 4 aromatic heterocycles. The number of halogens is 2. The lowest BCUT2D eigenvalue weighted by atomic mass is 10.00. The number of fused-ring (bicyclic) bond motifs is 2. The number of rotatable bonds is 2. The molecule has 5 rings (SSSR count). The van der Waals surface area contributed by atoms with Crippen molar-refractivity contribution in [3.63, 3.8) is 0 Å². The number of pyridine rings is 1. The standard InChI is InChI=1S/C17H13ClFN7/c18-14-7-15(22-9-21-14)25-5-3-11-16(23-8-20-11)17(25)12-6-13-10(19)2-1-4-26(13)24-12/h1-2,4,6-9,17H,3,5H2,(H,20,23)/t17-/m1/s1. The Hall–Kier alpha value is -3.00. The summed E-state index contributed by atoms with van der Waals surface area (Å²) in [5.41, 5.74) is 3.02. The van der Waals surface area contributed by atoms with Gasteiger partial charge < -0.3 is 9.88 Å². The summed E-state index contributed by atoms with van der Waals surface area (Å²) in [6, 6.07) is 6.21. The van der Waals surface area contributed by atoms with Crippen LogP contribution in [0.1, 0.15) is 23.1 Å². The Balaban J connectivity index is 1.69. The molecular formula is C17H13ClFN7. The van der Waals surface area contributed by atoms with Crippen LogP contribution in [0, 0.1) is 5.82 Å². The second kappa shape index (κ2) is 5.77. The smallest absolute Gasteiger partial charge is 0.148 e. The van der Waals surface area contributed by atoms with Crippen LogP contribution in [0.4, 0.5) is 10.2 Å². The van der Waals surface area contributed by atoms with Gasteiger partial charge in [-0.05, 0) is 18.2 Å². The minimum atomic E-state index is -0.319. The van der Waals surface area contributed by atoms with Gasteiger partial charge in [0.15, 0.2) is 0 Å². The summed E-state index contributed by atoms with van der Waals surface area (Å²) in [5.74, 6) is 0.363. The molecular weight excluding hydrogens is 357 g/mol. The summed E-state index contributed by atoms with van der Waals surface area (Å²) in [7, 11) is 0. The lowest BCUT2D eigenvalue weighted by molar-refractivity contribution is 0.608. The number of nitrogens with zero attached hydrogens (tertiary/aromatic N) is 6. The fourth-order valence-corrected chi connectivity index (χ4v) is 3.58. The molecule has 0 aliphatic carbocycles. The number of hydrogen-bond acceptors (Lipinski definition) is 5. The summed E-state index contributed by atoms with van der Waals surface area (Å²) in [5, 5.41) is 4.94. The lowest BCUT2D eigenvalue weighted by Gasteiger charge is -2.34. The van der Waals surface area contributed by atoms with Crippen molar-refractivity contribution in [2.75, 3.05) is 11.4 Å². The Labute approximate surface area is 152 Å². The summed E-state index contributed by atoms with van der Waals surface area (Å²) in [6.07, 6.45) is 5.61. The molecule has 1 N–H and O–H groups in total. The number of aromatic amines is 1. The fourth-order valence-electron chi connectivity index (χ4n) is 3.44. The number of H-pyrrole nitrogens is 1. The predicted molar refractivity (Wildman–Crippen MR) is 93.7 cm³/mol. The summed E-state index contributed by atoms with van der Waals surface area (Å²) < 4.78 is 15.7. The van der Waals surface area contributed by atoms with Gasteiger partial charge in [0, 0.05) is 30.9 Å². The Morgan fingerprint density at radius 2 is 2.15 bits per heavy atom. The van der Waals surface area contributed by atoms with E-state index in [1.54, 1.807) is 30.7 Å². The van der Waals surface area contributed by atoms with Gasteiger partial charge >= 0.3 is 0 Å². The number of nitrogens with one attached hydrogen (secondary N) is 1. The van der Waals surface area contributed by atoms with E-state index in [1.807, 2.05) is 0 Å². The van der Waals surface area contributed by atoms with Gasteiger partial charge in [0.1, 0.15) is 34.7 Å². The fraction of sp³-hybridized carbons (Fsp3) is 0.176. The van der Waals surface area contributed by atoms with E-state index in [4.69, 9.17) is 11.6 Å². The molecule has 0 saturated heterocycles. The van der Waals surface area contributed by atoms with E-state index < -0.39 is 0 Å². The summed E-state index contributed by atoms with van der Waals surface area (Å²) in [6.45, 7) is 0.698. The highest BCUT2D eigenvalue weighted by molar-refractivity contribution is 6.29. The molecule has 0 unspecified atom stereocenters. The molecule has 0 aromatic carbocycles. The van der Waals surface area contributed by atoms with Crippen LogP contribution in [-0.2, 0) is 6.42 Å². The van der Waals surface area contributed by atoms with E-state index in [1.165, 1.54) is 16.9 Å². The number of aromatic nitrogens is 6. The first-order chi connectivity index (χ1) is 12.7. The second-order valence-corrected chi connectivity index (χ2v) is 6.45. The van der Waals surface area contributed by atoms with Gasteiger partial charge in [-0.3, -0.25) is 0 Å². The molecule has 1 atom stereocenters. The SMILES string of the molecule is Fc1cccn2nc([C@@H]3c4nc[nH]c4CCN3c3cc(Cl)ncn3)cc12. The van der Waals surface area contributed by atoms with Gasteiger partial charge in [-0.2, -0.15) is 5.10 Å². The van der Waals surface area contributed by atoms with Crippen LogP contribution in [0.25, 0.3) is 5.52 Å². The average molecular weight is 370 g/mol. The van der Waals surface area contributed by atoms with E-state index in [2.05, 4.69) is 29.9 Å². The van der Waals surface area contributed by atoms with Crippen LogP contribution in [-0.4, -0.2) is 36.1 Å². The Morgan fingerprint density at radius 1 is 1.23 bits per heavy atom. The third kappa shape index (κ3) is 2.33. The van der Waals surface area contributed by atoms with E-state index in [0.717, 1.165) is 17.8 Å². The Morgan fingerprint density at radius 3 is 3.00 bits per heavy atom. The molecule has 26 heavy (non-hydrogen) atoms. The van der Waals surface area contributed by atoms with Gasteiger partial charge in [0.05, 0.1) is 17.7 Å². The zero-order valence-electron chi connectivity index (χ0n) is 13.5. The van der Waals surface area contributed by atoms with Crippen LogP contribution in [0.2, 0.25) is 5.15 Å². The van der Waals surface area contributed by atoms with Crippen LogP contribution < -0.4 is 4.90 Å². The second-order valence-electron chi connectivity index (χ2n) is 6.07. The minimum Gasteiger partial charge on any atom is -0.348 e. The van der Waals surface area contributed by atoms with Gasteiger partial charge in [-0.15, -0.1) is 0 Å². The monoisotopic (exact) mass is 369 g/mol. The molecule has 1 aliphatic heterocycles. The molecule has 5 heterocycles. The first-order valence-corrected chi connectivity index (χ1v) is 8.48. The van der Waals surface area contributed by atoms with Crippen LogP contribution in [0.15, 0.2) is 43.1 Å². The molecule has 0 spiro atoms. The Bertz CT molecular complexity index is 1110. The number of hydrogen-bond donors (Lipinski definition) is 1. The van der Waals surface area contributed by atoms with E-state index in [9.17, 15) is 4.39 Å². The van der Waals surface area contributed by atoms with Crippen molar-refractivity contribution in [2.45, 2.75) is 12.5 Å². The molecule has 1 aliphatic rings. The van der Waals surface area contributed by atoms with E-state index in [-0.39, 0.29) is 11.9 Å². The largest absolute Gasteiger partial charge is 0.348 e. The molecule has 0 radical (unpaired) electrons. The van der Waals surface area contributed by atoms with Crippen LogP contribution >= 0.6 is 11.6 Å². The highest BCUT2D eigenvalue weighted by Gasteiger charge is 2.34. The maximum atomic E-state index is 14.1. The number of imidazole rings is 1. The van der Waals surface area contributed by atoms with Gasteiger partial charge in [-0.1, -0.05) is 11.6 Å². The van der Waals surface area contributed by atoms with Gasteiger partial charge in [0.2, 0.25) is 0 Å². The minimum absolute atomic E-state index is 0.296. The van der Waals surface area contributed by atoms with Gasteiger partial charge in [-0.25, -0.2) is 23.9 Å². The normalized spacial score (nSPS) is 16.8. The summed E-state index contributed by atoms with van der Waals surface area (Å²) >= 11 is 6.05. The summed E-state index contributed by atoms with van der Waals surface area (Å²) in [4.78, 5) is 18.0. The predicted octanol–water partition coefficient (Wildman–Crippen LogP) is 2.79. The van der Waals surface area contributed by atoms with Gasteiger partial charge in [0.25, 0.3) is 0 Å². The third-order valence-corrected chi connectivity index (χ3v) is 4.79. The van der Waals surface area contributed by atoms with Crippen molar-refractivity contribution in [1.82, 2.24) is 29.5 Å². The highest BCUT2D eigenvalue weighted by atomic mass is 35.5. The Kier molecular flexibility index (Phi) is 3.39. The zero-order chi connectivity index (χ0) is 17.7. The maximum absolute atomic E-state index is 14.1. The topological polar surface area (TPSA) is 75.0 Å². The lowest BCUT2D eigenvalue weighted by Crippen LogP contribution is -2.37. The third-order valence-electron chi connectivity index (χ3n) is 4.59. The van der Waals surface area contributed by atoms with Crippen LogP contribution in [0.3, 0.4) is 0 Å². The number of anilines is 1. The van der Waals surface area contributed by atoms with Crippen LogP contribution in [0.5, 0.6) is 0 Å². The highest BCUT2D eigenvalue weighted by Crippen LogP contribution is 2.36. The molecule has 7 nitrogen and oxygen atoms in total. The average Bonchev–Trinajstić information content (AvgIpc) is 3.28. The van der Waals surface area contributed by atoms with Crippen molar-refractivity contribution in [3.05, 3.63) is 71.2 Å². The molecule has 0 fully saturated rings. The van der Waals surface area contributed by atoms with Crippen molar-refractivity contribution < 1.29 is 4.39 Å². The molecule has 4 aromatic rings. The van der Waals surface area contributed by atoms with E-state index >= 15 is 0 Å².